The van der Waals surface area contributed by atoms with Crippen LogP contribution in [-0.2, 0) is 27.9 Å². The number of amides is 1. The van der Waals surface area contributed by atoms with Crippen molar-refractivity contribution in [3.63, 3.8) is 0 Å². The van der Waals surface area contributed by atoms with E-state index in [0.717, 1.165) is 36.3 Å². The fourth-order valence-corrected chi connectivity index (χ4v) is 6.58. The number of piperidine rings is 1. The van der Waals surface area contributed by atoms with E-state index in [1.54, 1.807) is 36.4 Å². The van der Waals surface area contributed by atoms with Crippen LogP contribution in [0.15, 0.2) is 71.6 Å². The average molecular weight is 534 g/mol. The normalized spacial score (nSPS) is 17.9. The van der Waals surface area contributed by atoms with Gasteiger partial charge >= 0.3 is 0 Å². The second-order valence-corrected chi connectivity index (χ2v) is 12.1. The van der Waals surface area contributed by atoms with E-state index in [4.69, 9.17) is 4.74 Å². The van der Waals surface area contributed by atoms with Crippen molar-refractivity contribution in [1.29, 1.82) is 0 Å². The third kappa shape index (κ3) is 5.71. The van der Waals surface area contributed by atoms with Crippen molar-refractivity contribution in [2.24, 2.45) is 0 Å². The largest absolute Gasteiger partial charge is 0.476 e. The second-order valence-electron chi connectivity index (χ2n) is 10.3. The van der Waals surface area contributed by atoms with Gasteiger partial charge in [-0.15, -0.1) is 0 Å². The molecule has 0 unspecified atom stereocenters. The smallest absolute Gasteiger partial charge is 0.264 e. The number of rotatable bonds is 7. The molecule has 38 heavy (non-hydrogen) atoms. The van der Waals surface area contributed by atoms with Crippen LogP contribution >= 0.6 is 0 Å². The van der Waals surface area contributed by atoms with Gasteiger partial charge in [-0.3, -0.25) is 14.0 Å². The van der Waals surface area contributed by atoms with E-state index in [9.17, 15) is 13.2 Å². The van der Waals surface area contributed by atoms with E-state index in [-0.39, 0.29) is 17.3 Å². The van der Waals surface area contributed by atoms with Gasteiger partial charge in [-0.05, 0) is 80.7 Å². The third-order valence-corrected chi connectivity index (χ3v) is 9.09. The van der Waals surface area contributed by atoms with Crippen molar-refractivity contribution < 1.29 is 17.9 Å². The third-order valence-electron chi connectivity index (χ3n) is 7.30. The Hall–Kier alpha value is -3.36. The lowest BCUT2D eigenvalue weighted by atomic mass is 10.0. The number of fused-ring (bicyclic) bond motifs is 1. The number of sulfonamides is 1. The monoisotopic (exact) mass is 533 g/mol. The zero-order chi connectivity index (χ0) is 26.7. The highest BCUT2D eigenvalue weighted by atomic mass is 32.2. The van der Waals surface area contributed by atoms with E-state index in [1.807, 2.05) is 38.1 Å². The van der Waals surface area contributed by atoms with Crippen LogP contribution in [0.3, 0.4) is 0 Å². The summed E-state index contributed by atoms with van der Waals surface area (Å²) >= 11 is 0. The minimum Gasteiger partial charge on any atom is -0.476 e. The number of anilines is 1. The molecule has 1 fully saturated rings. The summed E-state index contributed by atoms with van der Waals surface area (Å²) in [5.74, 6) is 0.0478. The number of benzene rings is 3. The SMILES string of the molecule is Cc1ccc(S(=O)(=O)N2C[C@H](C(=O)NCc3ccccc3CN3CCCCC3)Oc3cc(C)ccc32)cc1. The van der Waals surface area contributed by atoms with Gasteiger partial charge < -0.3 is 10.1 Å². The molecule has 2 heterocycles. The summed E-state index contributed by atoms with van der Waals surface area (Å²) in [6.45, 7) is 7.13. The summed E-state index contributed by atoms with van der Waals surface area (Å²) in [7, 11) is -3.89. The topological polar surface area (TPSA) is 79.0 Å². The van der Waals surface area contributed by atoms with Gasteiger partial charge in [-0.2, -0.15) is 0 Å². The standard InChI is InChI=1S/C30H35N3O4S/c1-22-10-13-26(14-11-22)38(35,36)33-21-29(37-28-18-23(2)12-15-27(28)33)30(34)31-19-24-8-4-5-9-25(24)20-32-16-6-3-7-17-32/h4-5,8-15,18,29H,3,6-7,16-17,19-21H2,1-2H3,(H,31,34)/t29-/m1/s1. The lowest BCUT2D eigenvalue weighted by molar-refractivity contribution is -0.127. The summed E-state index contributed by atoms with van der Waals surface area (Å²) in [6.07, 6.45) is 2.76. The molecule has 1 amide bonds. The van der Waals surface area contributed by atoms with E-state index in [1.165, 1.54) is 29.1 Å². The van der Waals surface area contributed by atoms with E-state index >= 15 is 0 Å². The predicted molar refractivity (Wildman–Crippen MR) is 149 cm³/mol. The van der Waals surface area contributed by atoms with Crippen LogP contribution in [0.2, 0.25) is 0 Å². The first-order chi connectivity index (χ1) is 18.3. The van der Waals surface area contributed by atoms with E-state index in [2.05, 4.69) is 16.3 Å². The summed E-state index contributed by atoms with van der Waals surface area (Å²) in [5, 5.41) is 3.01. The first-order valence-corrected chi connectivity index (χ1v) is 14.7. The molecular weight excluding hydrogens is 498 g/mol. The first-order valence-electron chi connectivity index (χ1n) is 13.2. The minimum atomic E-state index is -3.89. The molecule has 1 saturated heterocycles. The maximum atomic E-state index is 13.7. The Bertz CT molecular complexity index is 1400. The number of carbonyl (C=O) groups excluding carboxylic acids is 1. The molecule has 5 rings (SSSR count). The molecule has 8 heteroatoms. The molecule has 3 aromatic rings. The number of likely N-dealkylation sites (tertiary alicyclic amines) is 1. The summed E-state index contributed by atoms with van der Waals surface area (Å²) in [5.41, 5.74) is 4.59. The van der Waals surface area contributed by atoms with E-state index in [0.29, 0.717) is 18.0 Å². The van der Waals surface area contributed by atoms with Gasteiger partial charge in [0.05, 0.1) is 17.1 Å². The average Bonchev–Trinajstić information content (AvgIpc) is 2.92. The molecular formula is C30H35N3O4S. The van der Waals surface area contributed by atoms with Crippen molar-refractivity contribution in [2.45, 2.75) is 57.2 Å². The van der Waals surface area contributed by atoms with Crippen molar-refractivity contribution >= 4 is 21.6 Å². The van der Waals surface area contributed by atoms with Crippen molar-refractivity contribution in [2.75, 3.05) is 23.9 Å². The van der Waals surface area contributed by atoms with Crippen LogP contribution in [0.5, 0.6) is 5.75 Å². The number of ether oxygens (including phenoxy) is 1. The van der Waals surface area contributed by atoms with Crippen molar-refractivity contribution in [3.05, 3.63) is 89.0 Å². The fourth-order valence-electron chi connectivity index (χ4n) is 5.10. The summed E-state index contributed by atoms with van der Waals surface area (Å²) in [4.78, 5) is 16.0. The highest BCUT2D eigenvalue weighted by molar-refractivity contribution is 7.92. The zero-order valence-corrected chi connectivity index (χ0v) is 22.8. The Balaban J connectivity index is 1.34. The molecule has 0 spiro atoms. The minimum absolute atomic E-state index is 0.104. The molecule has 0 radical (unpaired) electrons. The first kappa shape index (κ1) is 26.3. The molecule has 0 aromatic heterocycles. The van der Waals surface area contributed by atoms with Gasteiger partial charge in [0.25, 0.3) is 15.9 Å². The molecule has 0 bridgehead atoms. The summed E-state index contributed by atoms with van der Waals surface area (Å²) in [6, 6.07) is 20.3. The van der Waals surface area contributed by atoms with Gasteiger partial charge in [-0.25, -0.2) is 8.42 Å². The lowest BCUT2D eigenvalue weighted by Gasteiger charge is -2.35. The van der Waals surface area contributed by atoms with E-state index < -0.39 is 16.1 Å². The second kappa shape index (κ2) is 11.2. The fraction of sp³-hybridized carbons (Fsp3) is 0.367. The molecule has 1 atom stereocenters. The molecule has 7 nitrogen and oxygen atoms in total. The van der Waals surface area contributed by atoms with Crippen LogP contribution in [-0.4, -0.2) is 45.0 Å². The number of nitrogens with zero attached hydrogens (tertiary/aromatic N) is 2. The van der Waals surface area contributed by atoms with Gasteiger partial charge in [0.2, 0.25) is 0 Å². The highest BCUT2D eigenvalue weighted by Crippen LogP contribution is 2.37. The maximum absolute atomic E-state index is 13.7. The number of hydrogen-bond donors (Lipinski definition) is 1. The molecule has 2 aliphatic rings. The molecule has 0 aliphatic carbocycles. The molecule has 200 valence electrons. The Morgan fingerprint density at radius 3 is 2.34 bits per heavy atom. The van der Waals surface area contributed by atoms with Gasteiger partial charge in [0.1, 0.15) is 5.75 Å². The number of hydrogen-bond acceptors (Lipinski definition) is 5. The Morgan fingerprint density at radius 1 is 0.921 bits per heavy atom. The quantitative estimate of drug-likeness (QED) is 0.482. The van der Waals surface area contributed by atoms with Gasteiger partial charge in [-0.1, -0.05) is 54.4 Å². The zero-order valence-electron chi connectivity index (χ0n) is 22.0. The molecule has 3 aromatic carbocycles. The molecule has 0 saturated carbocycles. The van der Waals surface area contributed by atoms with Gasteiger partial charge in [0, 0.05) is 13.1 Å². The summed E-state index contributed by atoms with van der Waals surface area (Å²) < 4.78 is 34.7. The van der Waals surface area contributed by atoms with Crippen LogP contribution in [0.25, 0.3) is 0 Å². The molecule has 1 N–H and O–H groups in total. The number of nitrogens with one attached hydrogen (secondary N) is 1. The predicted octanol–water partition coefficient (Wildman–Crippen LogP) is 4.56. The maximum Gasteiger partial charge on any atom is 0.264 e. The van der Waals surface area contributed by atoms with Crippen molar-refractivity contribution in [3.8, 4) is 5.75 Å². The number of aryl methyl sites for hydroxylation is 2. The number of carbonyl (C=O) groups is 1. The molecule has 2 aliphatic heterocycles. The Morgan fingerprint density at radius 2 is 1.61 bits per heavy atom. The van der Waals surface area contributed by atoms with Crippen LogP contribution in [0, 0.1) is 13.8 Å². The Labute approximate surface area is 225 Å². The van der Waals surface area contributed by atoms with Crippen molar-refractivity contribution in [1.82, 2.24) is 10.2 Å². The van der Waals surface area contributed by atoms with Crippen LogP contribution in [0.4, 0.5) is 5.69 Å². The van der Waals surface area contributed by atoms with Gasteiger partial charge in [0.15, 0.2) is 6.10 Å². The lowest BCUT2D eigenvalue weighted by Crippen LogP contribution is -2.50. The Kier molecular flexibility index (Phi) is 7.72. The highest BCUT2D eigenvalue weighted by Gasteiger charge is 2.37. The van der Waals surface area contributed by atoms with Crippen LogP contribution < -0.4 is 14.4 Å². The van der Waals surface area contributed by atoms with Crippen LogP contribution in [0.1, 0.15) is 41.5 Å².